The van der Waals surface area contributed by atoms with E-state index in [9.17, 15) is 9.59 Å². The normalized spacial score (nSPS) is 15.1. The Morgan fingerprint density at radius 3 is 2.47 bits per heavy atom. The van der Waals surface area contributed by atoms with Gasteiger partial charge in [0.15, 0.2) is 0 Å². The van der Waals surface area contributed by atoms with E-state index in [-0.39, 0.29) is 5.91 Å². The molecule has 1 aliphatic heterocycles. The molecule has 34 heavy (non-hydrogen) atoms. The molecule has 2 N–H and O–H groups in total. The zero-order chi connectivity index (χ0) is 24.9. The number of anilines is 1. The van der Waals surface area contributed by atoms with Gasteiger partial charge >= 0.3 is 6.03 Å². The summed E-state index contributed by atoms with van der Waals surface area (Å²) in [5.41, 5.74) is 2.75. The summed E-state index contributed by atoms with van der Waals surface area (Å²) < 4.78 is 0. The first-order valence-electron chi connectivity index (χ1n) is 11.2. The topological polar surface area (TPSA) is 86.3 Å². The molecule has 1 aliphatic rings. The second-order valence-corrected chi connectivity index (χ2v) is 9.34. The molecule has 0 bridgehead atoms. The van der Waals surface area contributed by atoms with Crippen molar-refractivity contribution in [2.45, 2.75) is 26.3 Å². The van der Waals surface area contributed by atoms with Gasteiger partial charge in [-0.05, 0) is 63.2 Å². The van der Waals surface area contributed by atoms with E-state index in [0.29, 0.717) is 29.4 Å². The van der Waals surface area contributed by atoms with Gasteiger partial charge in [0.05, 0.1) is 21.8 Å². The molecule has 3 amide bonds. The quantitative estimate of drug-likeness (QED) is 0.475. The maximum Gasteiger partial charge on any atom is 0.319 e. The Morgan fingerprint density at radius 1 is 1.09 bits per heavy atom. The lowest BCUT2D eigenvalue weighted by Gasteiger charge is -2.32. The lowest BCUT2D eigenvalue weighted by atomic mass is 9.92. The molecule has 0 atom stereocenters. The van der Waals surface area contributed by atoms with Crippen LogP contribution in [0.15, 0.2) is 47.6 Å². The van der Waals surface area contributed by atoms with Crippen molar-refractivity contribution in [3.8, 4) is 0 Å². The number of benzene rings is 2. The Balaban J connectivity index is 1.71. The molecular weight excluding hydrogens is 454 g/mol. The fraction of sp³-hybridized carbons (Fsp3) is 0.400. The van der Waals surface area contributed by atoms with Crippen LogP contribution in [0.2, 0.25) is 5.02 Å². The maximum atomic E-state index is 13.0. The summed E-state index contributed by atoms with van der Waals surface area (Å²) in [7, 11) is 3.54. The summed E-state index contributed by atoms with van der Waals surface area (Å²) in [6.45, 7) is 8.61. The van der Waals surface area contributed by atoms with Gasteiger partial charge in [0, 0.05) is 31.9 Å². The van der Waals surface area contributed by atoms with Crippen molar-refractivity contribution in [1.82, 2.24) is 15.1 Å². The highest BCUT2D eigenvalue weighted by molar-refractivity contribution is 6.34. The highest BCUT2D eigenvalue weighted by Crippen LogP contribution is 2.24. The minimum atomic E-state index is -0.668. The number of urea groups is 1. The third-order valence-corrected chi connectivity index (χ3v) is 6.23. The Kier molecular flexibility index (Phi) is 8.17. The molecule has 0 aliphatic carbocycles. The van der Waals surface area contributed by atoms with Gasteiger partial charge in [0.2, 0.25) is 0 Å². The first kappa shape index (κ1) is 25.5. The third kappa shape index (κ3) is 6.27. The van der Waals surface area contributed by atoms with E-state index >= 15 is 0 Å². The molecule has 1 fully saturated rings. The van der Waals surface area contributed by atoms with Gasteiger partial charge in [-0.2, -0.15) is 0 Å². The summed E-state index contributed by atoms with van der Waals surface area (Å²) in [5.74, 6) is -0.132. The smallest absolute Gasteiger partial charge is 0.319 e. The molecule has 0 spiro atoms. The number of hydrogen-bond acceptors (Lipinski definition) is 5. The van der Waals surface area contributed by atoms with Crippen LogP contribution >= 0.6 is 11.6 Å². The number of nitrogens with zero attached hydrogens (tertiary/aromatic N) is 3. The summed E-state index contributed by atoms with van der Waals surface area (Å²) in [6, 6.07) is 12.3. The summed E-state index contributed by atoms with van der Waals surface area (Å²) >= 11 is 6.32. The number of carbonyl (C=O) groups excluding carboxylic acids is 2. The Morgan fingerprint density at radius 2 is 1.79 bits per heavy atom. The van der Waals surface area contributed by atoms with Crippen LogP contribution in [-0.4, -0.2) is 67.8 Å². The zero-order valence-electron chi connectivity index (χ0n) is 20.3. The molecule has 2 aromatic carbocycles. The van der Waals surface area contributed by atoms with Crippen molar-refractivity contribution in [3.63, 3.8) is 0 Å². The molecule has 0 saturated carbocycles. The number of nitrogens with one attached hydrogen (secondary N) is 2. The minimum Gasteiger partial charge on any atom is -0.399 e. The number of halogens is 1. The number of carbonyl (C=O) groups is 2. The number of amides is 3. The standard InChI is InChI=1S/C25H32ClN5O3/c1-17(29-34-5)18-7-6-8-19(15-18)25(2,3)28-24(33)27-20-9-10-22(26)21(16-20)23(32)31-13-11-30(4)12-14-31/h6-10,15-16H,11-14H2,1-5H3,(H2,27,28,33). The van der Waals surface area contributed by atoms with Gasteiger partial charge in [0.1, 0.15) is 7.11 Å². The van der Waals surface area contributed by atoms with E-state index in [1.54, 1.807) is 23.1 Å². The fourth-order valence-corrected chi connectivity index (χ4v) is 3.99. The number of hydrogen-bond donors (Lipinski definition) is 2. The molecular formula is C25H32ClN5O3. The van der Waals surface area contributed by atoms with Crippen molar-refractivity contribution >= 4 is 34.9 Å². The van der Waals surface area contributed by atoms with Gasteiger partial charge in [-0.3, -0.25) is 4.79 Å². The number of oxime groups is 1. The Hall–Kier alpha value is -3.10. The van der Waals surface area contributed by atoms with Gasteiger partial charge in [-0.15, -0.1) is 0 Å². The Labute approximate surface area is 205 Å². The van der Waals surface area contributed by atoms with Gasteiger partial charge < -0.3 is 25.3 Å². The molecule has 2 aromatic rings. The monoisotopic (exact) mass is 485 g/mol. The number of rotatable bonds is 6. The van der Waals surface area contributed by atoms with Crippen LogP contribution in [0, 0.1) is 0 Å². The van der Waals surface area contributed by atoms with Crippen molar-refractivity contribution < 1.29 is 14.4 Å². The van der Waals surface area contributed by atoms with Crippen LogP contribution in [0.3, 0.4) is 0 Å². The van der Waals surface area contributed by atoms with E-state index in [0.717, 1.165) is 29.9 Å². The van der Waals surface area contributed by atoms with Crippen LogP contribution in [-0.2, 0) is 10.4 Å². The van der Waals surface area contributed by atoms with Crippen molar-refractivity contribution in [1.29, 1.82) is 0 Å². The van der Waals surface area contributed by atoms with E-state index in [4.69, 9.17) is 16.4 Å². The predicted octanol–water partition coefficient (Wildman–Crippen LogP) is 4.15. The fourth-order valence-electron chi connectivity index (χ4n) is 3.79. The van der Waals surface area contributed by atoms with Crippen LogP contribution in [0.1, 0.15) is 42.3 Å². The highest BCUT2D eigenvalue weighted by Gasteiger charge is 2.25. The summed E-state index contributed by atoms with van der Waals surface area (Å²) in [5, 5.41) is 10.2. The molecule has 0 aromatic heterocycles. The van der Waals surface area contributed by atoms with Crippen LogP contribution in [0.5, 0.6) is 0 Å². The van der Waals surface area contributed by atoms with Gasteiger partial charge in [-0.25, -0.2) is 4.79 Å². The lowest BCUT2D eigenvalue weighted by Crippen LogP contribution is -2.47. The lowest BCUT2D eigenvalue weighted by molar-refractivity contribution is 0.0664. The van der Waals surface area contributed by atoms with Gasteiger partial charge in [0.25, 0.3) is 5.91 Å². The molecule has 1 saturated heterocycles. The first-order valence-corrected chi connectivity index (χ1v) is 11.5. The molecule has 9 heteroatoms. The molecule has 0 radical (unpaired) electrons. The highest BCUT2D eigenvalue weighted by atomic mass is 35.5. The van der Waals surface area contributed by atoms with Crippen molar-refractivity contribution in [2.75, 3.05) is 45.7 Å². The number of likely N-dealkylation sites (N-methyl/N-ethyl adjacent to an activating group) is 1. The van der Waals surface area contributed by atoms with Crippen LogP contribution in [0.25, 0.3) is 0 Å². The molecule has 0 unspecified atom stereocenters. The predicted molar refractivity (Wildman–Crippen MR) is 136 cm³/mol. The third-order valence-electron chi connectivity index (χ3n) is 5.90. The SMILES string of the molecule is CON=C(C)c1cccc(C(C)(C)NC(=O)Nc2ccc(Cl)c(C(=O)N3CCN(C)CC3)c2)c1. The van der Waals surface area contributed by atoms with E-state index in [2.05, 4.69) is 20.7 Å². The van der Waals surface area contributed by atoms with Crippen LogP contribution < -0.4 is 10.6 Å². The summed E-state index contributed by atoms with van der Waals surface area (Å²) in [4.78, 5) is 34.6. The molecule has 182 valence electrons. The summed E-state index contributed by atoms with van der Waals surface area (Å²) in [6.07, 6.45) is 0. The van der Waals surface area contributed by atoms with E-state index in [1.165, 1.54) is 7.11 Å². The average Bonchev–Trinajstić information content (AvgIpc) is 2.80. The van der Waals surface area contributed by atoms with E-state index in [1.807, 2.05) is 52.1 Å². The first-order chi connectivity index (χ1) is 16.1. The Bertz CT molecular complexity index is 1080. The minimum absolute atomic E-state index is 0.132. The van der Waals surface area contributed by atoms with Crippen LogP contribution in [0.4, 0.5) is 10.5 Å². The number of piperazine rings is 1. The van der Waals surface area contributed by atoms with Crippen molar-refractivity contribution in [3.05, 3.63) is 64.2 Å². The van der Waals surface area contributed by atoms with Gasteiger partial charge in [-0.1, -0.05) is 35.0 Å². The van der Waals surface area contributed by atoms with E-state index < -0.39 is 11.6 Å². The molecule has 1 heterocycles. The molecule has 3 rings (SSSR count). The average molecular weight is 486 g/mol. The largest absolute Gasteiger partial charge is 0.399 e. The second kappa shape index (κ2) is 10.9. The molecule has 8 nitrogen and oxygen atoms in total. The zero-order valence-corrected chi connectivity index (χ0v) is 21.1. The maximum absolute atomic E-state index is 13.0. The van der Waals surface area contributed by atoms with Crippen molar-refractivity contribution in [2.24, 2.45) is 5.16 Å². The second-order valence-electron chi connectivity index (χ2n) is 8.93.